The van der Waals surface area contributed by atoms with Gasteiger partial charge in [0.2, 0.25) is 0 Å². The normalized spacial score (nSPS) is 22.9. The number of methoxy groups -OCH3 is 1. The fourth-order valence-electron chi connectivity index (χ4n) is 4.88. The summed E-state index contributed by atoms with van der Waals surface area (Å²) < 4.78 is 11.5. The molecular formula is C22H20O3. The minimum absolute atomic E-state index is 0.0749. The molecule has 0 saturated heterocycles. The molecule has 1 atom stereocenters. The molecule has 0 aromatic heterocycles. The number of esters is 1. The van der Waals surface area contributed by atoms with Crippen LogP contribution >= 0.6 is 0 Å². The Hall–Kier alpha value is -2.55. The lowest BCUT2D eigenvalue weighted by Crippen LogP contribution is -2.31. The van der Waals surface area contributed by atoms with Crippen LogP contribution in [0.4, 0.5) is 0 Å². The molecule has 1 unspecified atom stereocenters. The third-order valence-electron chi connectivity index (χ3n) is 5.92. The number of fused-ring (bicyclic) bond motifs is 3. The van der Waals surface area contributed by atoms with Crippen LogP contribution < -0.4 is 4.74 Å². The molecule has 0 radical (unpaired) electrons. The first-order valence-corrected chi connectivity index (χ1v) is 8.95. The lowest BCUT2D eigenvalue weighted by Gasteiger charge is -2.30. The van der Waals surface area contributed by atoms with Crippen LogP contribution in [0.1, 0.15) is 48.3 Å². The van der Waals surface area contributed by atoms with Gasteiger partial charge < -0.3 is 9.47 Å². The Bertz CT molecular complexity index is 889. The van der Waals surface area contributed by atoms with Crippen molar-refractivity contribution < 1.29 is 14.3 Å². The van der Waals surface area contributed by atoms with E-state index in [1.807, 2.05) is 18.2 Å². The highest BCUT2D eigenvalue weighted by atomic mass is 16.6. The third-order valence-corrected chi connectivity index (χ3v) is 5.92. The summed E-state index contributed by atoms with van der Waals surface area (Å²) in [6.45, 7) is 0. The van der Waals surface area contributed by atoms with Crippen molar-refractivity contribution in [2.45, 2.75) is 37.2 Å². The molecule has 2 aromatic rings. The van der Waals surface area contributed by atoms with E-state index in [-0.39, 0.29) is 11.9 Å². The van der Waals surface area contributed by atoms with Gasteiger partial charge >= 0.3 is 5.97 Å². The zero-order chi connectivity index (χ0) is 17.0. The number of ether oxygens (including phenoxy) is 2. The first-order chi connectivity index (χ1) is 12.2. The van der Waals surface area contributed by atoms with Crippen molar-refractivity contribution in [1.82, 2.24) is 0 Å². The van der Waals surface area contributed by atoms with Crippen LogP contribution in [0, 0.1) is 0 Å². The summed E-state index contributed by atoms with van der Waals surface area (Å²) in [6, 6.07) is 16.5. The van der Waals surface area contributed by atoms with Gasteiger partial charge in [0, 0.05) is 11.5 Å². The molecule has 1 spiro atoms. The first-order valence-electron chi connectivity index (χ1n) is 8.95. The molecule has 3 aliphatic rings. The quantitative estimate of drug-likeness (QED) is 0.762. The number of carbonyl (C=O) groups excluding carboxylic acids is 1. The number of benzene rings is 2. The molecule has 0 amide bonds. The highest BCUT2D eigenvalue weighted by Gasteiger charge is 2.55. The van der Waals surface area contributed by atoms with E-state index in [1.54, 1.807) is 7.11 Å². The van der Waals surface area contributed by atoms with Crippen molar-refractivity contribution in [2.24, 2.45) is 0 Å². The molecule has 3 heteroatoms. The largest absolute Gasteiger partial charge is 0.497 e. The van der Waals surface area contributed by atoms with Crippen molar-refractivity contribution in [3.8, 4) is 5.75 Å². The van der Waals surface area contributed by atoms with Crippen molar-refractivity contribution in [3.63, 3.8) is 0 Å². The van der Waals surface area contributed by atoms with Gasteiger partial charge in [-0.2, -0.15) is 0 Å². The Balaban J connectivity index is 1.77. The molecule has 2 aromatic carbocycles. The molecular weight excluding hydrogens is 312 g/mol. The van der Waals surface area contributed by atoms with Crippen LogP contribution in [0.3, 0.4) is 0 Å². The Morgan fingerprint density at radius 1 is 1.08 bits per heavy atom. The standard InChI is InChI=1S/C22H20O3/c1-24-15-9-10-16-17(13-15)18(14-7-3-2-4-8-14)20-19(16)21(23)25-22(20)11-5-6-12-22/h2-4,7-10,13,18H,5-6,11-12H2,1H3. The van der Waals surface area contributed by atoms with E-state index in [2.05, 4.69) is 30.3 Å². The summed E-state index contributed by atoms with van der Waals surface area (Å²) in [5.74, 6) is 0.752. The van der Waals surface area contributed by atoms with Crippen molar-refractivity contribution in [3.05, 3.63) is 70.8 Å². The number of hydrogen-bond donors (Lipinski definition) is 0. The van der Waals surface area contributed by atoms with Crippen molar-refractivity contribution in [2.75, 3.05) is 7.11 Å². The van der Waals surface area contributed by atoms with Crippen molar-refractivity contribution >= 4 is 11.5 Å². The van der Waals surface area contributed by atoms with Gasteiger partial charge in [-0.05, 0) is 54.5 Å². The minimum Gasteiger partial charge on any atom is -0.497 e. The minimum atomic E-state index is -0.404. The Kier molecular flexibility index (Phi) is 3.08. The number of carbonyl (C=O) groups is 1. The summed E-state index contributed by atoms with van der Waals surface area (Å²) >= 11 is 0. The van der Waals surface area contributed by atoms with Gasteiger partial charge in [-0.3, -0.25) is 0 Å². The summed E-state index contributed by atoms with van der Waals surface area (Å²) in [5.41, 5.74) is 4.97. The fraction of sp³-hybridized carbons (Fsp3) is 0.318. The highest BCUT2D eigenvalue weighted by molar-refractivity contribution is 6.22. The van der Waals surface area contributed by atoms with E-state index >= 15 is 0 Å². The smallest absolute Gasteiger partial charge is 0.339 e. The maximum Gasteiger partial charge on any atom is 0.339 e. The maximum absolute atomic E-state index is 12.8. The van der Waals surface area contributed by atoms with Crippen LogP contribution in [0.15, 0.2) is 54.1 Å². The second-order valence-corrected chi connectivity index (χ2v) is 7.18. The lowest BCUT2D eigenvalue weighted by molar-refractivity contribution is -0.145. The van der Waals surface area contributed by atoms with E-state index < -0.39 is 5.60 Å². The molecule has 5 rings (SSSR count). The van der Waals surface area contributed by atoms with Crippen LogP contribution in [-0.4, -0.2) is 18.7 Å². The highest BCUT2D eigenvalue weighted by Crippen LogP contribution is 2.59. The Morgan fingerprint density at radius 3 is 2.56 bits per heavy atom. The maximum atomic E-state index is 12.8. The average molecular weight is 332 g/mol. The molecule has 0 bridgehead atoms. The SMILES string of the molecule is COc1ccc2c(c1)C(c1ccccc1)C1=C2C(=O)OC12CCCC2. The molecule has 126 valence electrons. The molecule has 3 nitrogen and oxygen atoms in total. The first kappa shape index (κ1) is 14.8. The summed E-state index contributed by atoms with van der Waals surface area (Å²) in [5, 5.41) is 0. The zero-order valence-electron chi connectivity index (χ0n) is 14.2. The number of rotatable bonds is 2. The molecule has 1 fully saturated rings. The fourth-order valence-corrected chi connectivity index (χ4v) is 4.88. The van der Waals surface area contributed by atoms with Crippen LogP contribution in [-0.2, 0) is 9.53 Å². The van der Waals surface area contributed by atoms with Crippen LogP contribution in [0.2, 0.25) is 0 Å². The Morgan fingerprint density at radius 2 is 1.84 bits per heavy atom. The second kappa shape index (κ2) is 5.22. The lowest BCUT2D eigenvalue weighted by atomic mass is 9.79. The van der Waals surface area contributed by atoms with Gasteiger partial charge in [0.1, 0.15) is 11.4 Å². The second-order valence-electron chi connectivity index (χ2n) is 7.18. The molecule has 25 heavy (non-hydrogen) atoms. The van der Waals surface area contributed by atoms with Crippen LogP contribution in [0.25, 0.3) is 5.57 Å². The van der Waals surface area contributed by atoms with Crippen LogP contribution in [0.5, 0.6) is 5.75 Å². The van der Waals surface area contributed by atoms with E-state index in [9.17, 15) is 4.79 Å². The molecule has 1 aliphatic heterocycles. The average Bonchev–Trinajstić information content (AvgIpc) is 3.31. The molecule has 1 saturated carbocycles. The summed E-state index contributed by atoms with van der Waals surface area (Å²) in [6.07, 6.45) is 4.11. The van der Waals surface area contributed by atoms with Gasteiger partial charge in [0.05, 0.1) is 12.7 Å². The van der Waals surface area contributed by atoms with E-state index in [0.717, 1.165) is 42.6 Å². The summed E-state index contributed by atoms with van der Waals surface area (Å²) in [7, 11) is 1.68. The van der Waals surface area contributed by atoms with Gasteiger partial charge in [-0.15, -0.1) is 0 Å². The van der Waals surface area contributed by atoms with Gasteiger partial charge in [0.25, 0.3) is 0 Å². The molecule has 1 heterocycles. The van der Waals surface area contributed by atoms with E-state index in [1.165, 1.54) is 16.7 Å². The predicted molar refractivity (Wildman–Crippen MR) is 95.5 cm³/mol. The topological polar surface area (TPSA) is 35.5 Å². The Labute approximate surface area is 147 Å². The van der Waals surface area contributed by atoms with E-state index in [0.29, 0.717) is 0 Å². The monoisotopic (exact) mass is 332 g/mol. The van der Waals surface area contributed by atoms with E-state index in [4.69, 9.17) is 9.47 Å². The molecule has 2 aliphatic carbocycles. The summed E-state index contributed by atoms with van der Waals surface area (Å²) in [4.78, 5) is 12.8. The van der Waals surface area contributed by atoms with Crippen molar-refractivity contribution in [1.29, 1.82) is 0 Å². The predicted octanol–water partition coefficient (Wildman–Crippen LogP) is 4.46. The van der Waals surface area contributed by atoms with Gasteiger partial charge in [-0.1, -0.05) is 36.4 Å². The zero-order valence-corrected chi connectivity index (χ0v) is 14.2. The molecule has 0 N–H and O–H groups in total. The van der Waals surface area contributed by atoms with Gasteiger partial charge in [0.15, 0.2) is 0 Å². The third kappa shape index (κ3) is 1.95. The number of hydrogen-bond acceptors (Lipinski definition) is 3. The van der Waals surface area contributed by atoms with Gasteiger partial charge in [-0.25, -0.2) is 4.79 Å².